The molecule has 92 valence electrons. The molecule has 0 aliphatic heterocycles. The van der Waals surface area contributed by atoms with Crippen LogP contribution in [0.2, 0.25) is 0 Å². The van der Waals surface area contributed by atoms with E-state index in [1.54, 1.807) is 24.8 Å². The first-order chi connectivity index (χ1) is 8.79. The Morgan fingerprint density at radius 3 is 2.67 bits per heavy atom. The van der Waals surface area contributed by atoms with Gasteiger partial charge in [0, 0.05) is 35.9 Å². The van der Waals surface area contributed by atoms with Gasteiger partial charge in [0.2, 0.25) is 5.95 Å². The van der Waals surface area contributed by atoms with Crippen LogP contribution in [0.5, 0.6) is 0 Å². The minimum absolute atomic E-state index is 0.0444. The molecule has 0 aliphatic carbocycles. The highest BCUT2D eigenvalue weighted by Gasteiger charge is 2.03. The lowest BCUT2D eigenvalue weighted by molar-refractivity contribution is -0.138. The Balaban J connectivity index is 2.04. The number of nitrogens with zero attached hydrogens (tertiary/aromatic N) is 3. The number of anilines is 1. The Bertz CT molecular complexity index is 513. The van der Waals surface area contributed by atoms with Crippen molar-refractivity contribution in [3.05, 3.63) is 36.9 Å². The van der Waals surface area contributed by atoms with Crippen molar-refractivity contribution in [2.75, 3.05) is 19.0 Å². The third-order valence-electron chi connectivity index (χ3n) is 2.27. The molecule has 0 bridgehead atoms. The molecule has 6 nitrogen and oxygen atoms in total. The molecular formula is C12H12N4O2. The summed E-state index contributed by atoms with van der Waals surface area (Å²) in [6.07, 6.45) is 6.78. The van der Waals surface area contributed by atoms with Crippen LogP contribution in [0.25, 0.3) is 11.1 Å². The average molecular weight is 244 g/mol. The van der Waals surface area contributed by atoms with Gasteiger partial charge in [-0.2, -0.15) is 0 Å². The van der Waals surface area contributed by atoms with Gasteiger partial charge in [-0.1, -0.05) is 6.07 Å². The first-order valence-electron chi connectivity index (χ1n) is 5.32. The molecule has 18 heavy (non-hydrogen) atoms. The zero-order valence-electron chi connectivity index (χ0n) is 9.83. The number of carbonyl (C=O) groups excluding carboxylic acids is 1. The molecule has 2 heterocycles. The largest absolute Gasteiger partial charge is 0.468 e. The van der Waals surface area contributed by atoms with Gasteiger partial charge in [-0.15, -0.1) is 0 Å². The molecule has 0 amide bonds. The molecule has 0 atom stereocenters. The SMILES string of the molecule is COC(=O)CNc1ncc(-c2cccnc2)cn1. The van der Waals surface area contributed by atoms with Crippen molar-refractivity contribution in [2.24, 2.45) is 0 Å². The van der Waals surface area contributed by atoms with Gasteiger partial charge in [0.1, 0.15) is 6.54 Å². The fourth-order valence-corrected chi connectivity index (χ4v) is 1.33. The maximum atomic E-state index is 10.9. The van der Waals surface area contributed by atoms with E-state index < -0.39 is 0 Å². The summed E-state index contributed by atoms with van der Waals surface area (Å²) in [4.78, 5) is 23.2. The molecule has 2 rings (SSSR count). The maximum absolute atomic E-state index is 10.9. The van der Waals surface area contributed by atoms with Crippen molar-refractivity contribution >= 4 is 11.9 Å². The van der Waals surface area contributed by atoms with E-state index in [0.717, 1.165) is 11.1 Å². The normalized spacial score (nSPS) is 9.83. The van der Waals surface area contributed by atoms with Crippen molar-refractivity contribution in [1.82, 2.24) is 15.0 Å². The summed E-state index contributed by atoms with van der Waals surface area (Å²) >= 11 is 0. The molecule has 0 fully saturated rings. The number of methoxy groups -OCH3 is 1. The van der Waals surface area contributed by atoms with Crippen LogP contribution in [0, 0.1) is 0 Å². The Labute approximate surface area is 104 Å². The van der Waals surface area contributed by atoms with Gasteiger partial charge < -0.3 is 10.1 Å². The van der Waals surface area contributed by atoms with Crippen LogP contribution < -0.4 is 5.32 Å². The molecule has 0 saturated heterocycles. The molecule has 0 aliphatic rings. The Kier molecular flexibility index (Phi) is 3.80. The molecule has 0 spiro atoms. The van der Waals surface area contributed by atoms with Crippen LogP contribution in [-0.2, 0) is 9.53 Å². The molecular weight excluding hydrogens is 232 g/mol. The summed E-state index contributed by atoms with van der Waals surface area (Å²) in [5, 5.41) is 2.76. The summed E-state index contributed by atoms with van der Waals surface area (Å²) < 4.78 is 4.50. The van der Waals surface area contributed by atoms with Crippen LogP contribution in [0.15, 0.2) is 36.9 Å². The number of hydrogen-bond acceptors (Lipinski definition) is 6. The molecule has 2 aromatic heterocycles. The van der Waals surface area contributed by atoms with Crippen LogP contribution in [0.3, 0.4) is 0 Å². The van der Waals surface area contributed by atoms with Crippen molar-refractivity contribution in [2.45, 2.75) is 0 Å². The van der Waals surface area contributed by atoms with Gasteiger partial charge >= 0.3 is 5.97 Å². The van der Waals surface area contributed by atoms with E-state index in [0.29, 0.717) is 5.95 Å². The monoisotopic (exact) mass is 244 g/mol. The van der Waals surface area contributed by atoms with Gasteiger partial charge in [0.15, 0.2) is 0 Å². The van der Waals surface area contributed by atoms with Crippen LogP contribution in [0.1, 0.15) is 0 Å². The molecule has 2 aromatic rings. The van der Waals surface area contributed by atoms with E-state index in [2.05, 4.69) is 25.0 Å². The lowest BCUT2D eigenvalue weighted by Crippen LogP contribution is -2.16. The first-order valence-corrected chi connectivity index (χ1v) is 5.32. The van der Waals surface area contributed by atoms with Gasteiger partial charge in [0.25, 0.3) is 0 Å². The second-order valence-electron chi connectivity index (χ2n) is 3.47. The van der Waals surface area contributed by atoms with E-state index in [1.807, 2.05) is 12.1 Å². The second kappa shape index (κ2) is 5.72. The number of aromatic nitrogens is 3. The molecule has 0 saturated carbocycles. The minimum Gasteiger partial charge on any atom is -0.468 e. The molecule has 0 aromatic carbocycles. The number of nitrogens with one attached hydrogen (secondary N) is 1. The van der Waals surface area contributed by atoms with Gasteiger partial charge in [-0.3, -0.25) is 9.78 Å². The molecule has 0 radical (unpaired) electrons. The van der Waals surface area contributed by atoms with Crippen LogP contribution in [0.4, 0.5) is 5.95 Å². The molecule has 1 N–H and O–H groups in total. The zero-order chi connectivity index (χ0) is 12.8. The molecule has 0 unspecified atom stereocenters. The summed E-state index contributed by atoms with van der Waals surface area (Å²) in [6.45, 7) is 0.0444. The fourth-order valence-electron chi connectivity index (χ4n) is 1.33. The molecule has 6 heteroatoms. The summed E-state index contributed by atoms with van der Waals surface area (Å²) in [7, 11) is 1.33. The topological polar surface area (TPSA) is 77.0 Å². The van der Waals surface area contributed by atoms with Crippen LogP contribution >= 0.6 is 0 Å². The van der Waals surface area contributed by atoms with E-state index in [1.165, 1.54) is 7.11 Å². The summed E-state index contributed by atoms with van der Waals surface area (Å²) in [6, 6.07) is 3.77. The summed E-state index contributed by atoms with van der Waals surface area (Å²) in [5.74, 6) is 0.0166. The quantitative estimate of drug-likeness (QED) is 0.812. The zero-order valence-corrected chi connectivity index (χ0v) is 9.83. The predicted molar refractivity (Wildman–Crippen MR) is 65.8 cm³/mol. The van der Waals surface area contributed by atoms with Gasteiger partial charge in [-0.25, -0.2) is 9.97 Å². The summed E-state index contributed by atoms with van der Waals surface area (Å²) in [5.41, 5.74) is 1.81. The standard InChI is InChI=1S/C12H12N4O2/c1-18-11(17)8-16-12-14-6-10(7-15-12)9-3-2-4-13-5-9/h2-7H,8H2,1H3,(H,14,15,16). The average Bonchev–Trinajstić information content (AvgIpc) is 2.46. The van der Waals surface area contributed by atoms with Crippen molar-refractivity contribution in [1.29, 1.82) is 0 Å². The van der Waals surface area contributed by atoms with E-state index in [4.69, 9.17) is 0 Å². The van der Waals surface area contributed by atoms with Crippen molar-refractivity contribution in [3.8, 4) is 11.1 Å². The smallest absolute Gasteiger partial charge is 0.325 e. The second-order valence-corrected chi connectivity index (χ2v) is 3.47. The lowest BCUT2D eigenvalue weighted by Gasteiger charge is -2.04. The highest BCUT2D eigenvalue weighted by Crippen LogP contribution is 2.15. The third-order valence-corrected chi connectivity index (χ3v) is 2.27. The number of esters is 1. The highest BCUT2D eigenvalue weighted by atomic mass is 16.5. The number of ether oxygens (including phenoxy) is 1. The third kappa shape index (κ3) is 3.00. The van der Waals surface area contributed by atoms with E-state index in [9.17, 15) is 4.79 Å². The number of rotatable bonds is 4. The van der Waals surface area contributed by atoms with Crippen molar-refractivity contribution in [3.63, 3.8) is 0 Å². The Hall–Kier alpha value is -2.50. The maximum Gasteiger partial charge on any atom is 0.325 e. The van der Waals surface area contributed by atoms with Crippen LogP contribution in [-0.4, -0.2) is 34.6 Å². The lowest BCUT2D eigenvalue weighted by atomic mass is 10.2. The fraction of sp³-hybridized carbons (Fsp3) is 0.167. The predicted octanol–water partition coefficient (Wildman–Crippen LogP) is 1.12. The van der Waals surface area contributed by atoms with Crippen molar-refractivity contribution < 1.29 is 9.53 Å². The number of pyridine rings is 1. The van der Waals surface area contributed by atoms with Gasteiger partial charge in [0.05, 0.1) is 7.11 Å². The van der Waals surface area contributed by atoms with E-state index in [-0.39, 0.29) is 12.5 Å². The number of hydrogen-bond donors (Lipinski definition) is 1. The van der Waals surface area contributed by atoms with Gasteiger partial charge in [-0.05, 0) is 6.07 Å². The Morgan fingerprint density at radius 2 is 2.06 bits per heavy atom. The van der Waals surface area contributed by atoms with E-state index >= 15 is 0 Å². The number of carbonyl (C=O) groups is 1. The Morgan fingerprint density at radius 1 is 1.28 bits per heavy atom. The highest BCUT2D eigenvalue weighted by molar-refractivity contribution is 5.74. The minimum atomic E-state index is -0.366. The first kappa shape index (κ1) is 12.0.